The molecular weight excluding hydrogens is 364 g/mol. The van der Waals surface area contributed by atoms with E-state index in [1.54, 1.807) is 17.4 Å². The molecule has 1 rings (SSSR count). The van der Waals surface area contributed by atoms with Crippen LogP contribution in [0.3, 0.4) is 0 Å². The van der Waals surface area contributed by atoms with Crippen LogP contribution in [-0.4, -0.2) is 37.7 Å². The molecule has 26 heavy (non-hydrogen) atoms. The zero-order valence-corrected chi connectivity index (χ0v) is 15.3. The van der Waals surface area contributed by atoms with E-state index in [-0.39, 0.29) is 0 Å². The molecule has 0 saturated carbocycles. The summed E-state index contributed by atoms with van der Waals surface area (Å²) in [6.07, 6.45) is 3.39. The third kappa shape index (κ3) is 7.43. The lowest BCUT2D eigenvalue weighted by molar-refractivity contribution is -0.143. The minimum atomic E-state index is -1.02. The lowest BCUT2D eigenvalue weighted by Gasteiger charge is -2.14. The van der Waals surface area contributed by atoms with Gasteiger partial charge >= 0.3 is 12.0 Å². The highest BCUT2D eigenvalue weighted by atomic mass is 35.5. The van der Waals surface area contributed by atoms with Gasteiger partial charge in [0, 0.05) is 6.08 Å². The minimum absolute atomic E-state index is 0.346. The van der Waals surface area contributed by atoms with Crippen molar-refractivity contribution in [2.24, 2.45) is 5.73 Å². The van der Waals surface area contributed by atoms with E-state index < -0.39 is 24.5 Å². The zero-order valence-electron chi connectivity index (χ0n) is 14.5. The molecular formula is C17H21ClN2O6. The quantitative estimate of drug-likeness (QED) is 0.498. The number of amides is 3. The van der Waals surface area contributed by atoms with Gasteiger partial charge in [0.25, 0.3) is 5.91 Å². The normalized spacial score (nSPS) is 10.4. The molecule has 9 heteroatoms. The fraction of sp³-hybridized carbons (Fsp3) is 0.353. The Hall–Kier alpha value is -2.74. The van der Waals surface area contributed by atoms with Crippen molar-refractivity contribution in [2.45, 2.75) is 20.3 Å². The molecule has 1 aromatic rings. The predicted molar refractivity (Wildman–Crippen MR) is 96.1 cm³/mol. The topological polar surface area (TPSA) is 117 Å². The number of halogens is 1. The van der Waals surface area contributed by atoms with Crippen molar-refractivity contribution in [3.8, 4) is 11.5 Å². The Morgan fingerprint density at radius 3 is 2.58 bits per heavy atom. The van der Waals surface area contributed by atoms with Crippen molar-refractivity contribution >= 4 is 35.6 Å². The van der Waals surface area contributed by atoms with Crippen LogP contribution in [0.5, 0.6) is 11.5 Å². The zero-order chi connectivity index (χ0) is 19.5. The van der Waals surface area contributed by atoms with Crippen molar-refractivity contribution in [1.29, 1.82) is 0 Å². The molecule has 0 fully saturated rings. The van der Waals surface area contributed by atoms with Crippen molar-refractivity contribution in [3.05, 3.63) is 28.8 Å². The number of hydrogen-bond acceptors (Lipinski definition) is 6. The number of urea groups is 1. The summed E-state index contributed by atoms with van der Waals surface area (Å²) >= 11 is 6.22. The van der Waals surface area contributed by atoms with Crippen molar-refractivity contribution in [3.63, 3.8) is 0 Å². The number of carbonyl (C=O) groups excluding carboxylic acids is 3. The van der Waals surface area contributed by atoms with Crippen LogP contribution in [0.15, 0.2) is 18.2 Å². The number of carbonyl (C=O) groups is 3. The lowest BCUT2D eigenvalue weighted by Crippen LogP contribution is -2.37. The second-order valence-corrected chi connectivity index (χ2v) is 5.37. The summed E-state index contributed by atoms with van der Waals surface area (Å²) in [4.78, 5) is 33.2. The van der Waals surface area contributed by atoms with Gasteiger partial charge in [-0.25, -0.2) is 9.59 Å². The van der Waals surface area contributed by atoms with Gasteiger partial charge in [0.05, 0.1) is 18.2 Å². The molecule has 0 saturated heterocycles. The highest BCUT2D eigenvalue weighted by molar-refractivity contribution is 6.32. The highest BCUT2D eigenvalue weighted by Gasteiger charge is 2.12. The number of primary amides is 1. The fourth-order valence-electron chi connectivity index (χ4n) is 1.81. The summed E-state index contributed by atoms with van der Waals surface area (Å²) in [5, 5.41) is 2.12. The molecule has 0 aromatic heterocycles. The largest absolute Gasteiger partial charge is 0.490 e. The Balaban J connectivity index is 2.78. The van der Waals surface area contributed by atoms with Gasteiger partial charge in [-0.15, -0.1) is 0 Å². The number of nitrogens with one attached hydrogen (secondary N) is 1. The smallest absolute Gasteiger partial charge is 0.331 e. The molecule has 3 N–H and O–H groups in total. The van der Waals surface area contributed by atoms with Gasteiger partial charge in [0.15, 0.2) is 18.1 Å². The maximum atomic E-state index is 11.6. The molecule has 0 aliphatic heterocycles. The van der Waals surface area contributed by atoms with E-state index in [4.69, 9.17) is 26.8 Å². The molecule has 1 aromatic carbocycles. The molecule has 0 radical (unpaired) electrons. The van der Waals surface area contributed by atoms with E-state index >= 15 is 0 Å². The Bertz CT molecular complexity index is 690. The van der Waals surface area contributed by atoms with Crippen LogP contribution >= 0.6 is 11.6 Å². The van der Waals surface area contributed by atoms with Crippen molar-refractivity contribution < 1.29 is 28.6 Å². The summed E-state index contributed by atoms with van der Waals surface area (Å²) in [6, 6.07) is 2.26. The SMILES string of the molecule is CCCOc1c(Cl)cc(/C=C/C(=O)OCC(=O)NC(N)=O)cc1OCC. The summed E-state index contributed by atoms with van der Waals surface area (Å²) in [5.41, 5.74) is 5.35. The van der Waals surface area contributed by atoms with Gasteiger partial charge in [-0.3, -0.25) is 10.1 Å². The number of imide groups is 1. The van der Waals surface area contributed by atoms with Gasteiger partial charge in [0.2, 0.25) is 0 Å². The summed E-state index contributed by atoms with van der Waals surface area (Å²) in [7, 11) is 0. The summed E-state index contributed by atoms with van der Waals surface area (Å²) < 4.78 is 15.8. The molecule has 0 unspecified atom stereocenters. The average Bonchev–Trinajstić information content (AvgIpc) is 2.57. The van der Waals surface area contributed by atoms with Crippen LogP contribution in [0.1, 0.15) is 25.8 Å². The molecule has 0 spiro atoms. The second kappa shape index (κ2) is 11.0. The Morgan fingerprint density at radius 2 is 1.96 bits per heavy atom. The molecule has 0 bridgehead atoms. The predicted octanol–water partition coefficient (Wildman–Crippen LogP) is 2.28. The standard InChI is InChI=1S/C17H21ClN2O6/c1-3-7-25-16-12(18)8-11(9-13(16)24-4-2)5-6-15(22)26-10-14(21)20-17(19)23/h5-6,8-9H,3-4,7,10H2,1-2H3,(H3,19,20,21,23)/b6-5+. The highest BCUT2D eigenvalue weighted by Crippen LogP contribution is 2.37. The van der Waals surface area contributed by atoms with E-state index in [0.717, 1.165) is 12.5 Å². The number of nitrogens with two attached hydrogens (primary N) is 1. The van der Waals surface area contributed by atoms with Gasteiger partial charge < -0.3 is 19.9 Å². The first-order valence-electron chi connectivity index (χ1n) is 7.90. The number of hydrogen-bond donors (Lipinski definition) is 2. The van der Waals surface area contributed by atoms with Gasteiger partial charge in [-0.1, -0.05) is 18.5 Å². The molecule has 3 amide bonds. The van der Waals surface area contributed by atoms with E-state index in [1.807, 2.05) is 13.8 Å². The van der Waals surface area contributed by atoms with Crippen LogP contribution in [0, 0.1) is 0 Å². The molecule has 0 aliphatic carbocycles. The number of esters is 1. The molecule has 0 aliphatic rings. The fourth-order valence-corrected chi connectivity index (χ4v) is 2.09. The Labute approximate surface area is 156 Å². The van der Waals surface area contributed by atoms with E-state index in [2.05, 4.69) is 4.74 Å². The molecule has 142 valence electrons. The molecule has 8 nitrogen and oxygen atoms in total. The Kier molecular flexibility index (Phi) is 9.00. The van der Waals surface area contributed by atoms with Gasteiger partial charge in [-0.2, -0.15) is 0 Å². The van der Waals surface area contributed by atoms with Crippen LogP contribution in [-0.2, 0) is 14.3 Å². The maximum Gasteiger partial charge on any atom is 0.331 e. The lowest BCUT2D eigenvalue weighted by atomic mass is 10.2. The van der Waals surface area contributed by atoms with Crippen LogP contribution in [0.2, 0.25) is 5.02 Å². The van der Waals surface area contributed by atoms with Crippen LogP contribution in [0.4, 0.5) is 4.79 Å². The summed E-state index contributed by atoms with van der Waals surface area (Å²) in [5.74, 6) is -0.691. The number of benzene rings is 1. The first kappa shape index (κ1) is 21.3. The van der Waals surface area contributed by atoms with Gasteiger partial charge in [0.1, 0.15) is 0 Å². The summed E-state index contributed by atoms with van der Waals surface area (Å²) in [6.45, 7) is 4.09. The maximum absolute atomic E-state index is 11.6. The monoisotopic (exact) mass is 384 g/mol. The Morgan fingerprint density at radius 1 is 1.23 bits per heavy atom. The van der Waals surface area contributed by atoms with E-state index in [9.17, 15) is 14.4 Å². The number of ether oxygens (including phenoxy) is 3. The number of rotatable bonds is 9. The van der Waals surface area contributed by atoms with Gasteiger partial charge in [-0.05, 0) is 37.1 Å². The van der Waals surface area contributed by atoms with Crippen LogP contribution in [0.25, 0.3) is 6.08 Å². The van der Waals surface area contributed by atoms with Crippen molar-refractivity contribution in [2.75, 3.05) is 19.8 Å². The third-order valence-electron chi connectivity index (χ3n) is 2.80. The van der Waals surface area contributed by atoms with E-state index in [1.165, 1.54) is 6.08 Å². The molecule has 0 atom stereocenters. The minimum Gasteiger partial charge on any atom is -0.490 e. The van der Waals surface area contributed by atoms with E-state index in [0.29, 0.717) is 35.3 Å². The first-order valence-corrected chi connectivity index (χ1v) is 8.28. The molecule has 0 heterocycles. The second-order valence-electron chi connectivity index (χ2n) is 4.96. The third-order valence-corrected chi connectivity index (χ3v) is 3.08. The van der Waals surface area contributed by atoms with Crippen LogP contribution < -0.4 is 20.5 Å². The average molecular weight is 385 g/mol. The van der Waals surface area contributed by atoms with Crippen molar-refractivity contribution in [1.82, 2.24) is 5.32 Å². The first-order chi connectivity index (χ1) is 12.4.